The lowest BCUT2D eigenvalue weighted by Crippen LogP contribution is -2.25. The number of nitro groups is 2. The smallest absolute Gasteiger partial charge is 0.282 e. The van der Waals surface area contributed by atoms with Gasteiger partial charge in [0.15, 0.2) is 0 Å². The highest BCUT2D eigenvalue weighted by atomic mass is 19.4. The maximum atomic E-state index is 13.1. The van der Waals surface area contributed by atoms with Crippen molar-refractivity contribution in [3.63, 3.8) is 0 Å². The molecule has 0 atom stereocenters. The minimum Gasteiger partial charge on any atom is -0.282 e. The molecule has 0 aliphatic heterocycles. The average Bonchev–Trinajstić information content (AvgIpc) is 2.71. The molecule has 0 spiro atoms. The minimum atomic E-state index is -4.99. The van der Waals surface area contributed by atoms with E-state index in [0.29, 0.717) is 11.4 Å². The Morgan fingerprint density at radius 2 is 1.17 bits per heavy atom. The molecule has 0 fully saturated rings. The van der Waals surface area contributed by atoms with Crippen LogP contribution in [0, 0.1) is 20.2 Å². The van der Waals surface area contributed by atoms with E-state index in [0.717, 1.165) is 0 Å². The fourth-order valence-corrected chi connectivity index (χ4v) is 2.72. The summed E-state index contributed by atoms with van der Waals surface area (Å²) in [5, 5.41) is 24.3. The topological polar surface area (TPSA) is 102 Å². The molecule has 0 bridgehead atoms. The van der Waals surface area contributed by atoms with Gasteiger partial charge in [-0.1, -0.05) is 36.4 Å². The van der Waals surface area contributed by atoms with Crippen molar-refractivity contribution in [2.24, 2.45) is 0 Å². The zero-order valence-electron chi connectivity index (χ0n) is 15.0. The Balaban J connectivity index is 2.22. The molecule has 0 unspecified atom stereocenters. The van der Waals surface area contributed by atoms with E-state index in [4.69, 9.17) is 0 Å². The van der Waals surface area contributed by atoms with Crippen LogP contribution in [0.4, 0.5) is 41.6 Å². The van der Waals surface area contributed by atoms with E-state index in [9.17, 15) is 33.4 Å². The lowest BCUT2D eigenvalue weighted by atomic mass is 10.1. The summed E-state index contributed by atoms with van der Waals surface area (Å²) < 4.78 is 39.4. The molecule has 0 saturated heterocycles. The molecule has 0 aromatic heterocycles. The Bertz CT molecular complexity index is 1000. The van der Waals surface area contributed by atoms with Crippen LogP contribution in [-0.2, 0) is 6.18 Å². The van der Waals surface area contributed by atoms with Crippen molar-refractivity contribution >= 4 is 28.4 Å². The third-order valence-corrected chi connectivity index (χ3v) is 4.07. The summed E-state index contributed by atoms with van der Waals surface area (Å²) in [7, 11) is 0. The average molecular weight is 418 g/mol. The van der Waals surface area contributed by atoms with Gasteiger partial charge < -0.3 is 0 Å². The van der Waals surface area contributed by atoms with Crippen LogP contribution < -0.4 is 10.4 Å². The zero-order chi connectivity index (χ0) is 21.9. The highest BCUT2D eigenvalue weighted by molar-refractivity contribution is 5.79. The van der Waals surface area contributed by atoms with Gasteiger partial charge in [0.25, 0.3) is 0 Å². The number of nitrogens with one attached hydrogen (secondary N) is 1. The normalized spacial score (nSPS) is 11.0. The summed E-state index contributed by atoms with van der Waals surface area (Å²) in [4.78, 5) is 20.8. The quantitative estimate of drug-likeness (QED) is 0.408. The second kappa shape index (κ2) is 8.07. The summed E-state index contributed by atoms with van der Waals surface area (Å²) in [5.74, 6) is 0. The summed E-state index contributed by atoms with van der Waals surface area (Å²) >= 11 is 0. The maximum absolute atomic E-state index is 13.1. The molecule has 30 heavy (non-hydrogen) atoms. The molecule has 1 N–H and O–H groups in total. The number of para-hydroxylation sites is 2. The third-order valence-electron chi connectivity index (χ3n) is 4.07. The molecule has 3 aromatic carbocycles. The molecule has 3 aromatic rings. The van der Waals surface area contributed by atoms with Gasteiger partial charge in [0.2, 0.25) is 5.69 Å². The first-order valence-corrected chi connectivity index (χ1v) is 8.39. The van der Waals surface area contributed by atoms with Crippen LogP contribution >= 0.6 is 0 Å². The zero-order valence-corrected chi connectivity index (χ0v) is 15.0. The van der Waals surface area contributed by atoms with E-state index in [1.165, 1.54) is 5.01 Å². The minimum absolute atomic E-state index is 0.267. The summed E-state index contributed by atoms with van der Waals surface area (Å²) in [5.41, 5.74) is -0.840. The largest absolute Gasteiger partial charge is 0.416 e. The van der Waals surface area contributed by atoms with E-state index in [-0.39, 0.29) is 12.1 Å². The van der Waals surface area contributed by atoms with Crippen molar-refractivity contribution in [3.8, 4) is 0 Å². The van der Waals surface area contributed by atoms with Gasteiger partial charge in [0.1, 0.15) is 0 Å². The van der Waals surface area contributed by atoms with E-state index >= 15 is 0 Å². The van der Waals surface area contributed by atoms with E-state index in [1.807, 2.05) is 0 Å². The van der Waals surface area contributed by atoms with E-state index < -0.39 is 38.6 Å². The Morgan fingerprint density at radius 3 is 1.50 bits per heavy atom. The van der Waals surface area contributed by atoms with Crippen LogP contribution in [0.15, 0.2) is 72.8 Å². The molecule has 11 heteroatoms. The number of hydrogen-bond donors (Lipinski definition) is 1. The first kappa shape index (κ1) is 20.6. The molecular formula is C19H13F3N4O4. The molecular weight excluding hydrogens is 405 g/mol. The first-order valence-electron chi connectivity index (χ1n) is 8.39. The van der Waals surface area contributed by atoms with Gasteiger partial charge in [-0.2, -0.15) is 13.2 Å². The maximum Gasteiger partial charge on any atom is 0.416 e. The van der Waals surface area contributed by atoms with Gasteiger partial charge in [-0.3, -0.25) is 30.7 Å². The van der Waals surface area contributed by atoms with Crippen LogP contribution in [0.3, 0.4) is 0 Å². The van der Waals surface area contributed by atoms with Crippen molar-refractivity contribution < 1.29 is 23.0 Å². The number of benzene rings is 3. The van der Waals surface area contributed by atoms with Gasteiger partial charge in [0.05, 0.1) is 26.8 Å². The lowest BCUT2D eigenvalue weighted by Gasteiger charge is -2.26. The first-order chi connectivity index (χ1) is 14.2. The van der Waals surface area contributed by atoms with Crippen LogP contribution in [-0.4, -0.2) is 9.85 Å². The highest BCUT2D eigenvalue weighted by Gasteiger charge is 2.38. The molecule has 0 amide bonds. The molecule has 0 saturated carbocycles. The van der Waals surface area contributed by atoms with Crippen molar-refractivity contribution in [2.45, 2.75) is 6.18 Å². The van der Waals surface area contributed by atoms with Crippen LogP contribution in [0.2, 0.25) is 0 Å². The molecule has 0 heterocycles. The Labute approximate surface area is 167 Å². The highest BCUT2D eigenvalue weighted by Crippen LogP contribution is 2.42. The number of rotatable bonds is 6. The fourth-order valence-electron chi connectivity index (χ4n) is 2.72. The van der Waals surface area contributed by atoms with Gasteiger partial charge in [-0.25, -0.2) is 0 Å². The SMILES string of the molecule is O=[N+]([O-])c1cc(C(F)(F)F)cc([N+](=O)[O-])c1NN(c1ccccc1)c1ccccc1. The molecule has 154 valence electrons. The second-order valence-electron chi connectivity index (χ2n) is 6.02. The van der Waals surface area contributed by atoms with Crippen LogP contribution in [0.25, 0.3) is 0 Å². The van der Waals surface area contributed by atoms with E-state index in [2.05, 4.69) is 5.43 Å². The second-order valence-corrected chi connectivity index (χ2v) is 6.02. The van der Waals surface area contributed by atoms with Gasteiger partial charge in [-0.15, -0.1) is 0 Å². The Hall–Kier alpha value is -4.15. The summed E-state index contributed by atoms with van der Waals surface area (Å²) in [6.45, 7) is 0. The number of halogens is 3. The van der Waals surface area contributed by atoms with Gasteiger partial charge >= 0.3 is 17.6 Å². The Morgan fingerprint density at radius 1 is 0.767 bits per heavy atom. The molecule has 8 nitrogen and oxygen atoms in total. The third kappa shape index (κ3) is 4.29. The van der Waals surface area contributed by atoms with Gasteiger partial charge in [-0.05, 0) is 24.3 Å². The standard InChI is InChI=1S/C19H13F3N4O4/c20-19(21,22)13-11-16(25(27)28)18(17(12-13)26(29)30)23-24(14-7-3-1-4-8-14)15-9-5-2-6-10-15/h1-12,23H. The molecule has 3 rings (SSSR count). The molecule has 0 aliphatic rings. The number of alkyl halides is 3. The summed E-state index contributed by atoms with van der Waals surface area (Å²) in [6.07, 6.45) is -4.99. The summed E-state index contributed by atoms with van der Waals surface area (Å²) in [6, 6.07) is 17.2. The van der Waals surface area contributed by atoms with Crippen molar-refractivity contribution in [1.82, 2.24) is 0 Å². The molecule has 0 radical (unpaired) electrons. The number of hydrazine groups is 1. The predicted molar refractivity (Wildman–Crippen MR) is 103 cm³/mol. The monoisotopic (exact) mass is 418 g/mol. The lowest BCUT2D eigenvalue weighted by molar-refractivity contribution is -0.392. The number of nitrogens with zero attached hydrogens (tertiary/aromatic N) is 3. The van der Waals surface area contributed by atoms with Crippen LogP contribution in [0.1, 0.15) is 5.56 Å². The van der Waals surface area contributed by atoms with Crippen molar-refractivity contribution in [1.29, 1.82) is 0 Å². The fraction of sp³-hybridized carbons (Fsp3) is 0.0526. The Kier molecular flexibility index (Phi) is 5.54. The predicted octanol–water partition coefficient (Wildman–Crippen LogP) is 5.69. The number of anilines is 3. The van der Waals surface area contributed by atoms with Crippen molar-refractivity contribution in [3.05, 3.63) is 98.6 Å². The number of hydrogen-bond acceptors (Lipinski definition) is 6. The van der Waals surface area contributed by atoms with Gasteiger partial charge in [0, 0.05) is 12.1 Å². The number of nitro benzene ring substituents is 2. The van der Waals surface area contributed by atoms with Crippen LogP contribution in [0.5, 0.6) is 0 Å². The van der Waals surface area contributed by atoms with E-state index in [1.54, 1.807) is 60.7 Å². The van der Waals surface area contributed by atoms with Crippen molar-refractivity contribution in [2.75, 3.05) is 10.4 Å². The molecule has 0 aliphatic carbocycles.